The number of benzene rings is 1. The van der Waals surface area contributed by atoms with E-state index in [1.165, 1.54) is 6.07 Å². The lowest BCUT2D eigenvalue weighted by atomic mass is 9.99. The number of hydrogen-bond donors (Lipinski definition) is 1. The summed E-state index contributed by atoms with van der Waals surface area (Å²) in [6.07, 6.45) is 2.63. The summed E-state index contributed by atoms with van der Waals surface area (Å²) in [5.74, 6) is -0.630. The predicted molar refractivity (Wildman–Crippen MR) is 70.2 cm³/mol. The zero-order valence-electron chi connectivity index (χ0n) is 10.8. The molecule has 1 aliphatic heterocycles. The highest BCUT2D eigenvalue weighted by Crippen LogP contribution is 2.29. The summed E-state index contributed by atoms with van der Waals surface area (Å²) in [7, 11) is 1.59. The average molecular weight is 261 g/mol. The van der Waals surface area contributed by atoms with Gasteiger partial charge in [-0.2, -0.15) is 5.26 Å². The highest BCUT2D eigenvalue weighted by atomic mass is 19.1. The van der Waals surface area contributed by atoms with Crippen LogP contribution in [0.25, 0.3) is 0 Å². The maximum absolute atomic E-state index is 13.7. The SMILES string of the molecule is CNC(=O)C1CCCCN1c1cccc(F)c1C#N. The molecule has 19 heavy (non-hydrogen) atoms. The molecule has 1 aliphatic rings. The lowest BCUT2D eigenvalue weighted by Gasteiger charge is -2.36. The normalized spacial score (nSPS) is 18.8. The van der Waals surface area contributed by atoms with Crippen LogP contribution in [0.3, 0.4) is 0 Å². The minimum absolute atomic E-state index is 0.0123. The minimum Gasteiger partial charge on any atom is -0.358 e. The van der Waals surface area contributed by atoms with Gasteiger partial charge in [0.05, 0.1) is 5.69 Å². The first-order valence-corrected chi connectivity index (χ1v) is 6.36. The fourth-order valence-corrected chi connectivity index (χ4v) is 2.52. The van der Waals surface area contributed by atoms with Crippen LogP contribution in [0.4, 0.5) is 10.1 Å². The number of nitrogens with zero attached hydrogens (tertiary/aromatic N) is 2. The Morgan fingerprint density at radius 1 is 1.53 bits per heavy atom. The predicted octanol–water partition coefficient (Wildman–Crippen LogP) is 1.80. The number of anilines is 1. The molecule has 1 aromatic rings. The molecule has 0 saturated carbocycles. The van der Waals surface area contributed by atoms with E-state index in [4.69, 9.17) is 5.26 Å². The van der Waals surface area contributed by atoms with E-state index >= 15 is 0 Å². The fraction of sp³-hybridized carbons (Fsp3) is 0.429. The molecular weight excluding hydrogens is 245 g/mol. The first-order chi connectivity index (χ1) is 9.19. The molecule has 1 amide bonds. The van der Waals surface area contributed by atoms with Crippen molar-refractivity contribution in [2.45, 2.75) is 25.3 Å². The molecule has 0 aliphatic carbocycles. The largest absolute Gasteiger partial charge is 0.358 e. The fourth-order valence-electron chi connectivity index (χ4n) is 2.52. The summed E-state index contributed by atoms with van der Waals surface area (Å²) < 4.78 is 13.7. The number of likely N-dealkylation sites (N-methyl/N-ethyl adjacent to an activating group) is 1. The summed E-state index contributed by atoms with van der Waals surface area (Å²) in [6, 6.07) is 6.10. The van der Waals surface area contributed by atoms with Gasteiger partial charge in [0, 0.05) is 13.6 Å². The molecule has 5 heteroatoms. The molecule has 4 nitrogen and oxygen atoms in total. The third kappa shape index (κ3) is 2.53. The Bertz CT molecular complexity index is 524. The Morgan fingerprint density at radius 2 is 2.32 bits per heavy atom. The van der Waals surface area contributed by atoms with Crippen LogP contribution >= 0.6 is 0 Å². The second-order valence-electron chi connectivity index (χ2n) is 4.56. The first kappa shape index (κ1) is 13.3. The van der Waals surface area contributed by atoms with Crippen molar-refractivity contribution in [1.82, 2.24) is 5.32 Å². The monoisotopic (exact) mass is 261 g/mol. The Hall–Kier alpha value is -2.09. The van der Waals surface area contributed by atoms with Gasteiger partial charge >= 0.3 is 0 Å². The lowest BCUT2D eigenvalue weighted by Crippen LogP contribution is -2.49. The summed E-state index contributed by atoms with van der Waals surface area (Å²) in [5.41, 5.74) is 0.522. The molecule has 0 spiro atoms. The van der Waals surface area contributed by atoms with Crippen molar-refractivity contribution in [1.29, 1.82) is 5.26 Å². The van der Waals surface area contributed by atoms with Crippen LogP contribution in [-0.2, 0) is 4.79 Å². The van der Waals surface area contributed by atoms with Crippen LogP contribution in [0.2, 0.25) is 0 Å². The Labute approximate surface area is 111 Å². The second kappa shape index (κ2) is 5.70. The molecule has 1 fully saturated rings. The van der Waals surface area contributed by atoms with Gasteiger partial charge in [-0.3, -0.25) is 4.79 Å². The Kier molecular flexibility index (Phi) is 4.00. The Balaban J connectivity index is 2.41. The number of nitriles is 1. The molecule has 1 N–H and O–H groups in total. The van der Waals surface area contributed by atoms with E-state index in [0.717, 1.165) is 19.3 Å². The lowest BCUT2D eigenvalue weighted by molar-refractivity contribution is -0.122. The zero-order chi connectivity index (χ0) is 13.8. The number of nitrogens with one attached hydrogen (secondary N) is 1. The molecular formula is C14H16FN3O. The topological polar surface area (TPSA) is 56.1 Å². The molecule has 1 heterocycles. The highest BCUT2D eigenvalue weighted by molar-refractivity contribution is 5.85. The van der Waals surface area contributed by atoms with Gasteiger partial charge in [-0.15, -0.1) is 0 Å². The summed E-state index contributed by atoms with van der Waals surface area (Å²) >= 11 is 0. The van der Waals surface area contributed by atoms with Crippen LogP contribution in [0.1, 0.15) is 24.8 Å². The van der Waals surface area contributed by atoms with Crippen molar-refractivity contribution in [3.63, 3.8) is 0 Å². The van der Waals surface area contributed by atoms with E-state index in [0.29, 0.717) is 12.2 Å². The maximum Gasteiger partial charge on any atom is 0.242 e. The molecule has 0 bridgehead atoms. The smallest absolute Gasteiger partial charge is 0.242 e. The van der Waals surface area contributed by atoms with Gasteiger partial charge in [0.1, 0.15) is 23.5 Å². The quantitative estimate of drug-likeness (QED) is 0.883. The molecule has 0 radical (unpaired) electrons. The van der Waals surface area contributed by atoms with Crippen molar-refractivity contribution < 1.29 is 9.18 Å². The summed E-state index contributed by atoms with van der Waals surface area (Å²) in [6.45, 7) is 0.663. The van der Waals surface area contributed by atoms with Gasteiger partial charge < -0.3 is 10.2 Å². The number of piperidine rings is 1. The van der Waals surface area contributed by atoms with Gasteiger partial charge in [0.15, 0.2) is 0 Å². The molecule has 1 unspecified atom stereocenters. The van der Waals surface area contributed by atoms with Crippen LogP contribution in [0.5, 0.6) is 0 Å². The number of amides is 1. The second-order valence-corrected chi connectivity index (χ2v) is 4.56. The third-order valence-corrected chi connectivity index (χ3v) is 3.46. The van der Waals surface area contributed by atoms with E-state index in [-0.39, 0.29) is 17.5 Å². The van der Waals surface area contributed by atoms with Crippen LogP contribution in [-0.4, -0.2) is 25.5 Å². The van der Waals surface area contributed by atoms with E-state index in [1.54, 1.807) is 19.2 Å². The maximum atomic E-state index is 13.7. The highest BCUT2D eigenvalue weighted by Gasteiger charge is 2.30. The van der Waals surface area contributed by atoms with Gasteiger partial charge in [-0.25, -0.2) is 4.39 Å². The summed E-state index contributed by atoms with van der Waals surface area (Å²) in [5, 5.41) is 11.7. The Morgan fingerprint density at radius 3 is 3.00 bits per heavy atom. The zero-order valence-corrected chi connectivity index (χ0v) is 10.8. The number of rotatable bonds is 2. The van der Waals surface area contributed by atoms with Crippen molar-refractivity contribution >= 4 is 11.6 Å². The van der Waals surface area contributed by atoms with Gasteiger partial charge in [0.25, 0.3) is 0 Å². The van der Waals surface area contributed by atoms with Gasteiger partial charge in [-0.1, -0.05) is 6.07 Å². The number of carbonyl (C=O) groups is 1. The van der Waals surface area contributed by atoms with E-state index in [1.807, 2.05) is 11.0 Å². The van der Waals surface area contributed by atoms with Crippen LogP contribution in [0.15, 0.2) is 18.2 Å². The van der Waals surface area contributed by atoms with Crippen molar-refractivity contribution in [2.75, 3.05) is 18.5 Å². The molecule has 1 saturated heterocycles. The molecule has 100 valence electrons. The molecule has 0 aromatic heterocycles. The number of halogens is 1. The van der Waals surface area contributed by atoms with Crippen molar-refractivity contribution in [3.8, 4) is 6.07 Å². The average Bonchev–Trinajstić information content (AvgIpc) is 2.46. The third-order valence-electron chi connectivity index (χ3n) is 3.46. The van der Waals surface area contributed by atoms with Crippen molar-refractivity contribution in [3.05, 3.63) is 29.6 Å². The van der Waals surface area contributed by atoms with E-state index in [9.17, 15) is 9.18 Å². The summed E-state index contributed by atoms with van der Waals surface area (Å²) in [4.78, 5) is 13.7. The number of carbonyl (C=O) groups excluding carboxylic acids is 1. The van der Waals surface area contributed by atoms with Gasteiger partial charge in [-0.05, 0) is 31.4 Å². The van der Waals surface area contributed by atoms with Crippen LogP contribution in [0, 0.1) is 17.1 Å². The molecule has 1 aromatic carbocycles. The number of hydrogen-bond acceptors (Lipinski definition) is 3. The van der Waals surface area contributed by atoms with Crippen LogP contribution < -0.4 is 10.2 Å². The first-order valence-electron chi connectivity index (χ1n) is 6.36. The van der Waals surface area contributed by atoms with E-state index in [2.05, 4.69) is 5.32 Å². The standard InChI is InChI=1S/C14H16FN3O/c1-17-14(19)13-6-2-3-8-18(13)12-7-4-5-11(15)10(12)9-16/h4-5,7,13H,2-3,6,8H2,1H3,(H,17,19). The van der Waals surface area contributed by atoms with E-state index < -0.39 is 5.82 Å². The van der Waals surface area contributed by atoms with Gasteiger partial charge in [0.2, 0.25) is 5.91 Å². The molecule has 2 rings (SSSR count). The minimum atomic E-state index is -0.541. The van der Waals surface area contributed by atoms with Crippen molar-refractivity contribution in [2.24, 2.45) is 0 Å². The molecule has 1 atom stereocenters.